The van der Waals surface area contributed by atoms with E-state index in [1.54, 1.807) is 13.8 Å². The van der Waals surface area contributed by atoms with Crippen molar-refractivity contribution in [2.75, 3.05) is 39.3 Å². The first-order valence-electron chi connectivity index (χ1n) is 14.1. The molecule has 220 valence electrons. The van der Waals surface area contributed by atoms with E-state index in [-0.39, 0.29) is 11.8 Å². The number of carbonyl (C=O) groups is 2. The Morgan fingerprint density at radius 3 is 1.32 bits per heavy atom. The van der Waals surface area contributed by atoms with Crippen molar-refractivity contribution in [1.82, 2.24) is 20.4 Å². The number of hydrogen-bond acceptors (Lipinski definition) is 8. The fraction of sp³-hybridized carbons (Fsp3) is 0.533. The third kappa shape index (κ3) is 10.3. The van der Waals surface area contributed by atoms with Gasteiger partial charge in [0.05, 0.1) is 36.4 Å². The maximum absolute atomic E-state index is 12.3. The van der Waals surface area contributed by atoms with Crippen LogP contribution in [0.3, 0.4) is 0 Å². The van der Waals surface area contributed by atoms with E-state index in [0.29, 0.717) is 52.1 Å². The number of aliphatic hydroxyl groups excluding tert-OH is 2. The van der Waals surface area contributed by atoms with Gasteiger partial charge < -0.3 is 32.3 Å². The van der Waals surface area contributed by atoms with Crippen molar-refractivity contribution in [3.05, 3.63) is 71.8 Å². The molecule has 0 spiro atoms. The Balaban J connectivity index is 1.54. The third-order valence-electron chi connectivity index (χ3n) is 7.36. The Labute approximate surface area is 237 Å². The number of amides is 2. The number of nitrogens with zero attached hydrogens (tertiary/aromatic N) is 2. The summed E-state index contributed by atoms with van der Waals surface area (Å²) in [6.07, 6.45) is -0.543. The SMILES string of the molecule is C[C@H](N)C(=O)N[C@@H](Cc1ccccc1)[C@H](O)CN1CCN(C[C@H](O)[C@@H](Cc2ccccc2)NC(=O)[C@H](C)N)CC1. The second-order valence-electron chi connectivity index (χ2n) is 10.9. The van der Waals surface area contributed by atoms with Crippen LogP contribution in [-0.4, -0.2) is 107 Å². The average Bonchev–Trinajstić information content (AvgIpc) is 2.94. The monoisotopic (exact) mass is 554 g/mol. The second kappa shape index (κ2) is 15.8. The Kier molecular flexibility index (Phi) is 12.5. The number of aliphatic hydroxyl groups is 2. The number of carbonyl (C=O) groups excluding carboxylic acids is 2. The highest BCUT2D eigenvalue weighted by molar-refractivity contribution is 5.81. The molecule has 0 radical (unpaired) electrons. The topological polar surface area (TPSA) is 157 Å². The van der Waals surface area contributed by atoms with Gasteiger partial charge in [0, 0.05) is 39.3 Å². The summed E-state index contributed by atoms with van der Waals surface area (Å²) in [6, 6.07) is 17.3. The van der Waals surface area contributed by atoms with Gasteiger partial charge in [0.2, 0.25) is 11.8 Å². The van der Waals surface area contributed by atoms with Crippen molar-refractivity contribution in [2.24, 2.45) is 11.5 Å². The Morgan fingerprint density at radius 1 is 0.700 bits per heavy atom. The van der Waals surface area contributed by atoms with Gasteiger partial charge in [-0.25, -0.2) is 0 Å². The van der Waals surface area contributed by atoms with E-state index >= 15 is 0 Å². The fourth-order valence-corrected chi connectivity index (χ4v) is 4.87. The highest BCUT2D eigenvalue weighted by Crippen LogP contribution is 2.13. The summed E-state index contributed by atoms with van der Waals surface area (Å²) in [5.74, 6) is -0.583. The largest absolute Gasteiger partial charge is 0.390 e. The molecule has 0 bridgehead atoms. The molecule has 1 heterocycles. The zero-order chi connectivity index (χ0) is 29.1. The zero-order valence-corrected chi connectivity index (χ0v) is 23.7. The Morgan fingerprint density at radius 2 is 1.02 bits per heavy atom. The molecule has 10 heteroatoms. The zero-order valence-electron chi connectivity index (χ0n) is 23.7. The molecular weight excluding hydrogens is 508 g/mol. The van der Waals surface area contributed by atoms with E-state index in [4.69, 9.17) is 11.5 Å². The summed E-state index contributed by atoms with van der Waals surface area (Å²) in [6.45, 7) is 6.90. The van der Waals surface area contributed by atoms with Gasteiger partial charge >= 0.3 is 0 Å². The van der Waals surface area contributed by atoms with Crippen LogP contribution >= 0.6 is 0 Å². The summed E-state index contributed by atoms with van der Waals surface area (Å²) < 4.78 is 0. The van der Waals surface area contributed by atoms with Crippen molar-refractivity contribution in [3.8, 4) is 0 Å². The molecule has 0 aromatic heterocycles. The van der Waals surface area contributed by atoms with Gasteiger partial charge in [-0.3, -0.25) is 19.4 Å². The lowest BCUT2D eigenvalue weighted by Crippen LogP contribution is -2.57. The van der Waals surface area contributed by atoms with Gasteiger partial charge in [-0.1, -0.05) is 60.7 Å². The van der Waals surface area contributed by atoms with E-state index in [1.807, 2.05) is 60.7 Å². The maximum Gasteiger partial charge on any atom is 0.236 e. The lowest BCUT2D eigenvalue weighted by atomic mass is 9.99. The quantitative estimate of drug-likeness (QED) is 0.182. The fourth-order valence-electron chi connectivity index (χ4n) is 4.87. The van der Waals surface area contributed by atoms with Gasteiger partial charge in [0.15, 0.2) is 0 Å². The molecule has 1 aliphatic heterocycles. The summed E-state index contributed by atoms with van der Waals surface area (Å²) >= 11 is 0. The standard InChI is InChI=1S/C30H46N6O4/c1-21(31)29(39)33-25(17-23-9-5-3-6-10-23)27(37)19-35-13-15-36(16-14-35)20-28(38)26(34-30(40)22(2)32)18-24-11-7-4-8-12-24/h3-12,21-22,25-28,37-38H,13-20,31-32H2,1-2H3,(H,33,39)(H,34,40)/t21-,22-,25-,26+,27+,28-/m0/s1. The number of piperazine rings is 1. The van der Waals surface area contributed by atoms with Crippen LogP contribution in [0.25, 0.3) is 0 Å². The first kappa shape index (κ1) is 31.7. The molecule has 0 saturated carbocycles. The molecule has 2 amide bonds. The summed E-state index contributed by atoms with van der Waals surface area (Å²) in [7, 11) is 0. The molecule has 6 atom stereocenters. The Hall–Kier alpha value is -2.86. The number of nitrogens with two attached hydrogens (primary N) is 2. The van der Waals surface area contributed by atoms with E-state index in [9.17, 15) is 19.8 Å². The highest BCUT2D eigenvalue weighted by atomic mass is 16.3. The van der Waals surface area contributed by atoms with Gasteiger partial charge in [-0.15, -0.1) is 0 Å². The van der Waals surface area contributed by atoms with Crippen LogP contribution in [0, 0.1) is 0 Å². The van der Waals surface area contributed by atoms with Gasteiger partial charge in [-0.05, 0) is 37.8 Å². The molecular formula is C30H46N6O4. The van der Waals surface area contributed by atoms with Crippen LogP contribution in [0.5, 0.6) is 0 Å². The predicted molar refractivity (Wildman–Crippen MR) is 156 cm³/mol. The first-order chi connectivity index (χ1) is 19.1. The second-order valence-corrected chi connectivity index (χ2v) is 10.9. The molecule has 8 N–H and O–H groups in total. The molecule has 10 nitrogen and oxygen atoms in total. The average molecular weight is 555 g/mol. The van der Waals surface area contributed by atoms with Crippen LogP contribution in [0.2, 0.25) is 0 Å². The number of nitrogens with one attached hydrogen (secondary N) is 2. The first-order valence-corrected chi connectivity index (χ1v) is 14.1. The summed E-state index contributed by atoms with van der Waals surface area (Å²) in [4.78, 5) is 29.0. The highest BCUT2D eigenvalue weighted by Gasteiger charge is 2.29. The molecule has 3 rings (SSSR count). The molecule has 1 saturated heterocycles. The summed E-state index contributed by atoms with van der Waals surface area (Å²) in [5, 5.41) is 28.0. The molecule has 0 aliphatic carbocycles. The number of benzene rings is 2. The molecule has 40 heavy (non-hydrogen) atoms. The van der Waals surface area contributed by atoms with Crippen LogP contribution in [-0.2, 0) is 22.4 Å². The number of hydrogen-bond donors (Lipinski definition) is 6. The molecule has 0 unspecified atom stereocenters. The minimum atomic E-state index is -0.774. The van der Waals surface area contributed by atoms with Crippen molar-refractivity contribution >= 4 is 11.8 Å². The smallest absolute Gasteiger partial charge is 0.236 e. The molecule has 1 fully saturated rings. The Bertz CT molecular complexity index is 948. The van der Waals surface area contributed by atoms with E-state index < -0.39 is 36.4 Å². The van der Waals surface area contributed by atoms with Crippen LogP contribution < -0.4 is 22.1 Å². The van der Waals surface area contributed by atoms with Gasteiger partial charge in [-0.2, -0.15) is 0 Å². The molecule has 2 aromatic carbocycles. The minimum Gasteiger partial charge on any atom is -0.390 e. The minimum absolute atomic E-state index is 0.292. The van der Waals surface area contributed by atoms with Gasteiger partial charge in [0.1, 0.15) is 0 Å². The lowest BCUT2D eigenvalue weighted by molar-refractivity contribution is -0.124. The molecule has 2 aromatic rings. The van der Waals surface area contributed by atoms with Crippen molar-refractivity contribution in [1.29, 1.82) is 0 Å². The van der Waals surface area contributed by atoms with Crippen LogP contribution in [0.4, 0.5) is 0 Å². The van der Waals surface area contributed by atoms with E-state index in [0.717, 1.165) is 11.1 Å². The maximum atomic E-state index is 12.3. The number of β-amino-alcohol motifs (C(OH)–C–C–N with tert-alkyl or cyclic N) is 2. The van der Waals surface area contributed by atoms with Crippen molar-refractivity contribution in [3.63, 3.8) is 0 Å². The van der Waals surface area contributed by atoms with Crippen LogP contribution in [0.15, 0.2) is 60.7 Å². The number of rotatable bonds is 14. The van der Waals surface area contributed by atoms with Crippen LogP contribution in [0.1, 0.15) is 25.0 Å². The normalized spacial score (nSPS) is 19.1. The lowest BCUT2D eigenvalue weighted by Gasteiger charge is -2.38. The van der Waals surface area contributed by atoms with E-state index in [1.165, 1.54) is 0 Å². The van der Waals surface area contributed by atoms with E-state index in [2.05, 4.69) is 20.4 Å². The summed E-state index contributed by atoms with van der Waals surface area (Å²) in [5.41, 5.74) is 13.6. The predicted octanol–water partition coefficient (Wildman–Crippen LogP) is -0.525. The van der Waals surface area contributed by atoms with Gasteiger partial charge in [0.25, 0.3) is 0 Å². The van der Waals surface area contributed by atoms with Crippen molar-refractivity contribution < 1.29 is 19.8 Å². The third-order valence-corrected chi connectivity index (χ3v) is 7.36. The van der Waals surface area contributed by atoms with Crippen molar-refractivity contribution in [2.45, 2.75) is 63.1 Å². The molecule has 1 aliphatic rings.